The summed E-state index contributed by atoms with van der Waals surface area (Å²) in [5.41, 5.74) is -0.206. The van der Waals surface area contributed by atoms with Gasteiger partial charge in [0.2, 0.25) is 5.91 Å². The zero-order valence-electron chi connectivity index (χ0n) is 8.79. The van der Waals surface area contributed by atoms with Gasteiger partial charge in [-0.15, -0.1) is 0 Å². The third-order valence-electron chi connectivity index (χ3n) is 2.88. The molecule has 0 aromatic carbocycles. The molecular formula is C10H18BrNO2. The van der Waals surface area contributed by atoms with Gasteiger partial charge in [-0.2, -0.15) is 0 Å². The number of hydrogen-bond donors (Lipinski definition) is 1. The van der Waals surface area contributed by atoms with Gasteiger partial charge in [-0.25, -0.2) is 0 Å². The quantitative estimate of drug-likeness (QED) is 0.779. The molecule has 1 aliphatic heterocycles. The van der Waals surface area contributed by atoms with Crippen LogP contribution in [-0.2, 0) is 4.79 Å². The molecule has 0 aromatic heterocycles. The van der Waals surface area contributed by atoms with Gasteiger partial charge >= 0.3 is 0 Å². The monoisotopic (exact) mass is 263 g/mol. The average Bonchev–Trinajstić information content (AvgIpc) is 2.47. The van der Waals surface area contributed by atoms with Crippen LogP contribution in [0.25, 0.3) is 0 Å². The summed E-state index contributed by atoms with van der Waals surface area (Å²) in [5.74, 6) is 0.647. The molecule has 1 unspecified atom stereocenters. The number of halogens is 1. The van der Waals surface area contributed by atoms with E-state index in [1.54, 1.807) is 0 Å². The standard InChI is InChI=1S/C10H18BrNO2/c1-10(2,3-4-13)12-7-8(6-11)5-9(12)14/h8,13H,3-7H2,1-2H3. The van der Waals surface area contributed by atoms with Crippen molar-refractivity contribution in [1.29, 1.82) is 0 Å². The molecule has 1 rings (SSSR count). The van der Waals surface area contributed by atoms with Gasteiger partial charge in [0.15, 0.2) is 0 Å². The number of likely N-dealkylation sites (tertiary alicyclic amines) is 1. The number of aliphatic hydroxyl groups is 1. The summed E-state index contributed by atoms with van der Waals surface area (Å²) in [5, 5.41) is 9.80. The predicted molar refractivity (Wildman–Crippen MR) is 59.4 cm³/mol. The van der Waals surface area contributed by atoms with E-state index in [4.69, 9.17) is 5.11 Å². The molecule has 1 N–H and O–H groups in total. The lowest BCUT2D eigenvalue weighted by atomic mass is 9.99. The first-order valence-corrected chi connectivity index (χ1v) is 6.10. The van der Waals surface area contributed by atoms with Crippen LogP contribution in [0.3, 0.4) is 0 Å². The van der Waals surface area contributed by atoms with Crippen LogP contribution in [0.4, 0.5) is 0 Å². The van der Waals surface area contributed by atoms with Crippen molar-refractivity contribution in [3.05, 3.63) is 0 Å². The minimum atomic E-state index is -0.206. The fourth-order valence-electron chi connectivity index (χ4n) is 1.88. The van der Waals surface area contributed by atoms with E-state index >= 15 is 0 Å². The van der Waals surface area contributed by atoms with Crippen LogP contribution >= 0.6 is 15.9 Å². The van der Waals surface area contributed by atoms with Gasteiger partial charge in [0, 0.05) is 30.4 Å². The van der Waals surface area contributed by atoms with Crippen molar-refractivity contribution in [3.8, 4) is 0 Å². The third-order valence-corrected chi connectivity index (χ3v) is 3.79. The molecule has 0 saturated carbocycles. The van der Waals surface area contributed by atoms with Gasteiger partial charge in [-0.3, -0.25) is 4.79 Å². The van der Waals surface area contributed by atoms with E-state index in [-0.39, 0.29) is 18.1 Å². The molecule has 0 bridgehead atoms. The summed E-state index contributed by atoms with van der Waals surface area (Å²) < 4.78 is 0. The number of hydrogen-bond acceptors (Lipinski definition) is 2. The molecule has 1 heterocycles. The molecular weight excluding hydrogens is 246 g/mol. The number of aliphatic hydroxyl groups excluding tert-OH is 1. The zero-order chi connectivity index (χ0) is 10.8. The maximum Gasteiger partial charge on any atom is 0.223 e. The first-order valence-electron chi connectivity index (χ1n) is 4.98. The highest BCUT2D eigenvalue weighted by molar-refractivity contribution is 9.09. The molecule has 1 aliphatic rings. The fraction of sp³-hybridized carbons (Fsp3) is 0.900. The van der Waals surface area contributed by atoms with E-state index in [1.165, 1.54) is 0 Å². The molecule has 0 aliphatic carbocycles. The first-order chi connectivity index (χ1) is 6.51. The van der Waals surface area contributed by atoms with E-state index in [2.05, 4.69) is 15.9 Å². The smallest absolute Gasteiger partial charge is 0.223 e. The molecule has 1 amide bonds. The van der Waals surface area contributed by atoms with Gasteiger partial charge in [0.25, 0.3) is 0 Å². The summed E-state index contributed by atoms with van der Waals surface area (Å²) in [6.45, 7) is 4.97. The van der Waals surface area contributed by atoms with Gasteiger partial charge in [0.05, 0.1) is 0 Å². The number of alkyl halides is 1. The van der Waals surface area contributed by atoms with Crippen molar-refractivity contribution < 1.29 is 9.90 Å². The number of carbonyl (C=O) groups excluding carboxylic acids is 1. The minimum absolute atomic E-state index is 0.135. The zero-order valence-corrected chi connectivity index (χ0v) is 10.4. The van der Waals surface area contributed by atoms with Crippen molar-refractivity contribution in [2.45, 2.75) is 32.2 Å². The Bertz CT molecular complexity index is 218. The molecule has 1 saturated heterocycles. The van der Waals surface area contributed by atoms with E-state index in [0.717, 1.165) is 11.9 Å². The lowest BCUT2D eigenvalue weighted by molar-refractivity contribution is -0.132. The van der Waals surface area contributed by atoms with Gasteiger partial charge in [-0.1, -0.05) is 15.9 Å². The highest BCUT2D eigenvalue weighted by Gasteiger charge is 2.37. The number of carbonyl (C=O) groups is 1. The minimum Gasteiger partial charge on any atom is -0.396 e. The molecule has 14 heavy (non-hydrogen) atoms. The summed E-state index contributed by atoms with van der Waals surface area (Å²) in [6.07, 6.45) is 1.29. The first kappa shape index (κ1) is 12.0. The topological polar surface area (TPSA) is 40.5 Å². The summed E-state index contributed by atoms with van der Waals surface area (Å²) in [6, 6.07) is 0. The Balaban J connectivity index is 2.64. The number of nitrogens with zero attached hydrogens (tertiary/aromatic N) is 1. The third kappa shape index (κ3) is 2.48. The highest BCUT2D eigenvalue weighted by Crippen LogP contribution is 2.28. The second-order valence-electron chi connectivity index (χ2n) is 4.51. The van der Waals surface area contributed by atoms with Crippen molar-refractivity contribution in [2.24, 2.45) is 5.92 Å². The largest absolute Gasteiger partial charge is 0.396 e. The molecule has 1 fully saturated rings. The van der Waals surface area contributed by atoms with Gasteiger partial charge in [0.1, 0.15) is 0 Å². The second-order valence-corrected chi connectivity index (χ2v) is 5.16. The normalized spacial score (nSPS) is 23.3. The molecule has 0 radical (unpaired) electrons. The summed E-state index contributed by atoms with van der Waals surface area (Å²) in [7, 11) is 0. The van der Waals surface area contributed by atoms with Crippen molar-refractivity contribution in [3.63, 3.8) is 0 Å². The number of rotatable bonds is 4. The fourth-order valence-corrected chi connectivity index (χ4v) is 2.31. The lowest BCUT2D eigenvalue weighted by Crippen LogP contribution is -2.45. The Labute approximate surface area is 93.6 Å². The Kier molecular flexibility index (Phi) is 3.95. The van der Waals surface area contributed by atoms with Gasteiger partial charge < -0.3 is 10.0 Å². The van der Waals surface area contributed by atoms with Crippen LogP contribution in [0.2, 0.25) is 0 Å². The van der Waals surface area contributed by atoms with Crippen LogP contribution in [0.1, 0.15) is 26.7 Å². The van der Waals surface area contributed by atoms with Crippen LogP contribution in [0.5, 0.6) is 0 Å². The molecule has 82 valence electrons. The predicted octanol–water partition coefficient (Wildman–Crippen LogP) is 1.39. The van der Waals surface area contributed by atoms with Gasteiger partial charge in [-0.05, 0) is 26.2 Å². The maximum atomic E-state index is 11.7. The van der Waals surface area contributed by atoms with Crippen LogP contribution < -0.4 is 0 Å². The Morgan fingerprint density at radius 3 is 2.71 bits per heavy atom. The van der Waals surface area contributed by atoms with Crippen LogP contribution in [-0.4, -0.2) is 39.9 Å². The van der Waals surface area contributed by atoms with E-state index in [1.807, 2.05) is 18.7 Å². The van der Waals surface area contributed by atoms with Crippen molar-refractivity contribution >= 4 is 21.8 Å². The average molecular weight is 264 g/mol. The summed E-state index contributed by atoms with van der Waals surface area (Å²) in [4.78, 5) is 13.6. The Morgan fingerprint density at radius 2 is 2.29 bits per heavy atom. The SMILES string of the molecule is CC(C)(CCO)N1CC(CBr)CC1=O. The molecule has 0 spiro atoms. The van der Waals surface area contributed by atoms with Crippen molar-refractivity contribution in [1.82, 2.24) is 4.90 Å². The van der Waals surface area contributed by atoms with E-state index in [0.29, 0.717) is 18.8 Å². The lowest BCUT2D eigenvalue weighted by Gasteiger charge is -2.35. The molecule has 0 aromatic rings. The maximum absolute atomic E-state index is 11.7. The Morgan fingerprint density at radius 1 is 1.64 bits per heavy atom. The molecule has 3 nitrogen and oxygen atoms in total. The molecule has 4 heteroatoms. The van der Waals surface area contributed by atoms with Crippen molar-refractivity contribution in [2.75, 3.05) is 18.5 Å². The summed E-state index contributed by atoms with van der Waals surface area (Å²) >= 11 is 3.41. The van der Waals surface area contributed by atoms with E-state index < -0.39 is 0 Å². The molecule has 1 atom stereocenters. The number of amides is 1. The van der Waals surface area contributed by atoms with Crippen LogP contribution in [0, 0.1) is 5.92 Å². The van der Waals surface area contributed by atoms with E-state index in [9.17, 15) is 4.79 Å². The second kappa shape index (κ2) is 4.62. The van der Waals surface area contributed by atoms with Crippen LogP contribution in [0.15, 0.2) is 0 Å². The Hall–Kier alpha value is -0.0900. The highest BCUT2D eigenvalue weighted by atomic mass is 79.9.